The highest BCUT2D eigenvalue weighted by atomic mass is 32.2. The summed E-state index contributed by atoms with van der Waals surface area (Å²) in [5, 5.41) is 30.3. The van der Waals surface area contributed by atoms with Crippen molar-refractivity contribution in [1.29, 1.82) is 0 Å². The predicted octanol–water partition coefficient (Wildman–Crippen LogP) is -0.160. The van der Waals surface area contributed by atoms with Crippen molar-refractivity contribution in [2.24, 2.45) is 16.6 Å². The van der Waals surface area contributed by atoms with Gasteiger partial charge in [-0.1, -0.05) is 35.1 Å². The summed E-state index contributed by atoms with van der Waals surface area (Å²) in [7, 11) is 0. The number of rotatable bonds is 13. The Morgan fingerprint density at radius 3 is 2.76 bits per heavy atom. The van der Waals surface area contributed by atoms with Crippen LogP contribution in [0.2, 0.25) is 0 Å². The van der Waals surface area contributed by atoms with Crippen LogP contribution in [0.3, 0.4) is 0 Å². The number of β-lactam (4-membered cyclic amide) rings is 1. The van der Waals surface area contributed by atoms with E-state index in [0.717, 1.165) is 16.7 Å². The van der Waals surface area contributed by atoms with Gasteiger partial charge in [0.1, 0.15) is 35.5 Å². The monoisotopic (exact) mass is 672 g/mol. The Morgan fingerprint density at radius 2 is 2.07 bits per heavy atom. The molecule has 3 aliphatic heterocycles. The first-order chi connectivity index (χ1) is 21.8. The van der Waals surface area contributed by atoms with E-state index in [4.69, 9.17) is 22.0 Å². The maximum atomic E-state index is 13.5. The lowest BCUT2D eigenvalue weighted by Gasteiger charge is -2.49. The number of nitrogens with two attached hydrogens (primary N) is 3. The molecule has 1 aromatic rings. The van der Waals surface area contributed by atoms with Gasteiger partial charge in [0.25, 0.3) is 24.0 Å². The summed E-state index contributed by atoms with van der Waals surface area (Å²) >= 11 is 2.39. The minimum Gasteiger partial charge on any atom is -0.478 e. The van der Waals surface area contributed by atoms with Gasteiger partial charge in [-0.3, -0.25) is 14.5 Å². The molecule has 2 amide bonds. The van der Waals surface area contributed by atoms with E-state index < -0.39 is 40.8 Å². The van der Waals surface area contributed by atoms with Gasteiger partial charge in [0.15, 0.2) is 5.71 Å². The largest absolute Gasteiger partial charge is 0.478 e. The van der Waals surface area contributed by atoms with Crippen LogP contribution in [0.1, 0.15) is 13.8 Å². The molecule has 0 bridgehead atoms. The summed E-state index contributed by atoms with van der Waals surface area (Å²) in [5.74, 6) is -3.48. The Labute approximate surface area is 272 Å². The van der Waals surface area contributed by atoms with Crippen LogP contribution in [0, 0.1) is 0 Å². The standard InChI is InChI=1S/C28H33N9O7S2/c1-28(2,27(42)43)44-35-19(15-5-3-7-18(30)45-12-15)23(38)34-20-24(39)37-21(26(40)41)16(13-46-25(20)37)6-4-10-36-11-17(32-9-8-29)22(31)33-14-36/h3-7,11-12,14,20,25,31-32H,8-10,13,29-30H2,1-2H3,(H3,34,38,40,41,42,43)/p+1/b6-4+,35-19-/t20-,25?/m1/s1. The summed E-state index contributed by atoms with van der Waals surface area (Å²) in [6.07, 6.45) is 11.4. The number of carbonyl (C=O) groups is 4. The van der Waals surface area contributed by atoms with Gasteiger partial charge in [0.2, 0.25) is 5.60 Å². The van der Waals surface area contributed by atoms with E-state index >= 15 is 0 Å². The molecule has 46 heavy (non-hydrogen) atoms. The zero-order chi connectivity index (χ0) is 33.6. The number of hydrogen-bond donors (Lipinski definition) is 7. The number of thioether (sulfide) groups is 2. The third-order valence-corrected chi connectivity index (χ3v) is 8.81. The summed E-state index contributed by atoms with van der Waals surface area (Å²) in [6.45, 7) is 3.79. The molecule has 1 fully saturated rings. The van der Waals surface area contributed by atoms with Gasteiger partial charge in [-0.15, -0.1) is 11.8 Å². The molecule has 0 saturated carbocycles. The van der Waals surface area contributed by atoms with Gasteiger partial charge in [-0.05, 0) is 42.0 Å². The SMILES string of the molecule is CC(C)(O/N=C(\C(=O)N[C@@H]1C(=O)N2C(C(=O)O)=C(/C=C/C[n+]3cnc(N)c(NCCN)c3)CSC12)C1=CSC(N)=CC=C1)C(=O)O. The number of carboxylic acid groups (broad SMARTS) is 2. The average Bonchev–Trinajstić information content (AvgIpc) is 3.23. The molecule has 0 aliphatic carbocycles. The lowest BCUT2D eigenvalue weighted by molar-refractivity contribution is -0.689. The van der Waals surface area contributed by atoms with Crippen LogP contribution in [0.15, 0.2) is 75.3 Å². The lowest BCUT2D eigenvalue weighted by Crippen LogP contribution is -2.71. The summed E-state index contributed by atoms with van der Waals surface area (Å²) in [4.78, 5) is 61.1. The van der Waals surface area contributed by atoms with Gasteiger partial charge in [0.05, 0.1) is 5.03 Å². The van der Waals surface area contributed by atoms with Gasteiger partial charge in [0, 0.05) is 24.4 Å². The Hall–Kier alpha value is -4.81. The van der Waals surface area contributed by atoms with Crippen LogP contribution in [-0.4, -0.2) is 85.4 Å². The van der Waals surface area contributed by atoms with Crippen LogP contribution in [0.25, 0.3) is 0 Å². The fourth-order valence-electron chi connectivity index (χ4n) is 4.23. The van der Waals surface area contributed by atoms with Crippen LogP contribution in [-0.2, 0) is 30.6 Å². The highest BCUT2D eigenvalue weighted by molar-refractivity contribution is 8.05. The number of anilines is 2. The van der Waals surface area contributed by atoms with Crippen molar-refractivity contribution >= 4 is 64.5 Å². The Balaban J connectivity index is 1.51. The Morgan fingerprint density at radius 1 is 1.30 bits per heavy atom. The number of nitrogen functional groups attached to an aromatic ring is 1. The number of amides is 2. The van der Waals surface area contributed by atoms with Crippen molar-refractivity contribution in [1.82, 2.24) is 15.2 Å². The maximum Gasteiger partial charge on any atom is 0.352 e. The minimum atomic E-state index is -1.76. The molecule has 244 valence electrons. The number of carboxylic acids is 2. The molecular weight excluding hydrogens is 638 g/mol. The van der Waals surface area contributed by atoms with E-state index in [9.17, 15) is 29.4 Å². The molecule has 4 heterocycles. The van der Waals surface area contributed by atoms with E-state index in [1.807, 2.05) is 0 Å². The average molecular weight is 673 g/mol. The highest BCUT2D eigenvalue weighted by Crippen LogP contribution is 2.40. The molecule has 3 aliphatic rings. The quantitative estimate of drug-likeness (QED) is 0.0622. The molecule has 0 aromatic carbocycles. The summed E-state index contributed by atoms with van der Waals surface area (Å²) in [5.41, 5.74) is 16.3. The second-order valence-electron chi connectivity index (χ2n) is 10.5. The highest BCUT2D eigenvalue weighted by Gasteiger charge is 2.54. The minimum absolute atomic E-state index is 0.186. The van der Waals surface area contributed by atoms with Gasteiger partial charge < -0.3 is 42.9 Å². The first-order valence-electron chi connectivity index (χ1n) is 13.8. The summed E-state index contributed by atoms with van der Waals surface area (Å²) in [6, 6.07) is -1.07. The van der Waals surface area contributed by atoms with Crippen molar-refractivity contribution in [3.63, 3.8) is 0 Å². The second-order valence-corrected chi connectivity index (χ2v) is 12.5. The molecule has 1 saturated heterocycles. The Kier molecular flexibility index (Phi) is 10.8. The van der Waals surface area contributed by atoms with Gasteiger partial charge >= 0.3 is 11.9 Å². The van der Waals surface area contributed by atoms with Crippen LogP contribution >= 0.6 is 23.5 Å². The molecular formula is C28H34N9O7S2+. The van der Waals surface area contributed by atoms with Crippen LogP contribution in [0.4, 0.5) is 11.5 Å². The lowest BCUT2D eigenvalue weighted by atomic mass is 10.0. The zero-order valence-corrected chi connectivity index (χ0v) is 26.5. The first-order valence-corrected chi connectivity index (χ1v) is 15.7. The van der Waals surface area contributed by atoms with Crippen molar-refractivity contribution < 1.29 is 38.8 Å². The number of carbonyl (C=O) groups excluding carboxylic acids is 2. The molecule has 1 aromatic heterocycles. The summed E-state index contributed by atoms with van der Waals surface area (Å²) < 4.78 is 1.74. The first kappa shape index (κ1) is 34.1. The topological polar surface area (TPSA) is 252 Å². The van der Waals surface area contributed by atoms with E-state index in [1.54, 1.807) is 35.1 Å². The number of nitrogens with zero attached hydrogens (tertiary/aromatic N) is 4. The number of allylic oxidation sites excluding steroid dienone is 5. The second kappa shape index (κ2) is 14.5. The predicted molar refractivity (Wildman–Crippen MR) is 173 cm³/mol. The molecule has 4 rings (SSSR count). The number of hydrogen-bond acceptors (Lipinski definition) is 13. The fourth-order valence-corrected chi connectivity index (χ4v) is 6.16. The van der Waals surface area contributed by atoms with E-state index in [2.05, 4.69) is 20.8 Å². The van der Waals surface area contributed by atoms with Crippen LogP contribution < -0.4 is 32.4 Å². The van der Waals surface area contributed by atoms with Gasteiger partial charge in [-0.2, -0.15) is 0 Å². The Bertz CT molecular complexity index is 1620. The van der Waals surface area contributed by atoms with E-state index in [-0.39, 0.29) is 22.7 Å². The van der Waals surface area contributed by atoms with Crippen molar-refractivity contribution in [2.45, 2.75) is 37.4 Å². The molecule has 0 spiro atoms. The third kappa shape index (κ3) is 7.69. The van der Waals surface area contributed by atoms with Crippen molar-refractivity contribution in [3.05, 3.63) is 70.2 Å². The normalized spacial score (nSPS) is 19.9. The van der Waals surface area contributed by atoms with E-state index in [1.165, 1.54) is 43.4 Å². The number of aromatic nitrogens is 2. The number of nitrogens with one attached hydrogen (secondary N) is 2. The molecule has 10 N–H and O–H groups in total. The number of oxime groups is 1. The number of fused-ring (bicyclic) bond motifs is 1. The smallest absolute Gasteiger partial charge is 0.352 e. The molecule has 1 unspecified atom stereocenters. The van der Waals surface area contributed by atoms with Gasteiger partial charge in [-0.25, -0.2) is 14.2 Å². The van der Waals surface area contributed by atoms with E-state index in [0.29, 0.717) is 41.7 Å². The molecule has 18 heteroatoms. The van der Waals surface area contributed by atoms with Crippen molar-refractivity contribution in [2.75, 3.05) is 29.9 Å². The maximum absolute atomic E-state index is 13.5. The molecule has 16 nitrogen and oxygen atoms in total. The zero-order valence-electron chi connectivity index (χ0n) is 24.9. The fraction of sp³-hybridized carbons (Fsp3) is 0.321. The van der Waals surface area contributed by atoms with Crippen LogP contribution in [0.5, 0.6) is 0 Å². The molecule has 2 atom stereocenters. The van der Waals surface area contributed by atoms with Crippen molar-refractivity contribution in [3.8, 4) is 0 Å². The third-order valence-electron chi connectivity index (χ3n) is 6.72. The number of aliphatic carboxylic acids is 2. The molecule has 0 radical (unpaired) electrons.